The second-order valence-electron chi connectivity index (χ2n) is 9.09. The van der Waals surface area contributed by atoms with Crippen molar-refractivity contribution in [2.45, 2.75) is 45.7 Å². The molecule has 0 spiro atoms. The van der Waals surface area contributed by atoms with Crippen molar-refractivity contribution < 1.29 is 13.2 Å². The Labute approximate surface area is 203 Å². The first kappa shape index (κ1) is 23.2. The average Bonchev–Trinajstić information content (AvgIpc) is 3.40. The van der Waals surface area contributed by atoms with Crippen molar-refractivity contribution in [2.75, 3.05) is 12.0 Å². The maximum Gasteiger partial charge on any atom is 0.417 e. The van der Waals surface area contributed by atoms with E-state index in [4.69, 9.17) is 0 Å². The Balaban J connectivity index is 1.61. The van der Waals surface area contributed by atoms with Gasteiger partial charge in [0.15, 0.2) is 5.82 Å². The number of aromatic nitrogens is 2. The number of halogens is 3. The summed E-state index contributed by atoms with van der Waals surface area (Å²) in [4.78, 5) is 9.10. The fourth-order valence-electron chi connectivity index (χ4n) is 5.06. The molecule has 3 aliphatic rings. The van der Waals surface area contributed by atoms with Crippen molar-refractivity contribution in [1.82, 2.24) is 20.6 Å². The molecule has 0 saturated heterocycles. The van der Waals surface area contributed by atoms with Crippen molar-refractivity contribution in [3.05, 3.63) is 82.4 Å². The zero-order chi connectivity index (χ0) is 24.6. The lowest BCUT2D eigenvalue weighted by atomic mass is 9.77. The van der Waals surface area contributed by atoms with E-state index in [-0.39, 0.29) is 11.4 Å². The van der Waals surface area contributed by atoms with E-state index in [1.165, 1.54) is 28.9 Å². The third kappa shape index (κ3) is 4.57. The maximum absolute atomic E-state index is 13.8. The molecule has 0 amide bonds. The van der Waals surface area contributed by atoms with Gasteiger partial charge in [-0.1, -0.05) is 37.3 Å². The molecule has 2 heterocycles. The zero-order valence-electron chi connectivity index (χ0n) is 19.8. The minimum absolute atomic E-state index is 0.0331. The molecule has 1 atom stereocenters. The van der Waals surface area contributed by atoms with Crippen molar-refractivity contribution in [1.29, 1.82) is 0 Å². The molecule has 2 aromatic rings. The minimum atomic E-state index is -4.51. The number of anilines is 1. The van der Waals surface area contributed by atoms with E-state index in [0.717, 1.165) is 37.4 Å². The molecule has 1 aromatic heterocycles. The molecule has 0 radical (unpaired) electrons. The van der Waals surface area contributed by atoms with E-state index >= 15 is 0 Å². The standard InChI is InChI=1S/C27H28F3N5/c1-3-17-12-16(2)25(19-9-5-4-8-18(17)19)34-24-13-22(23-14-31-15-32-23)33-26(35-24)20-10-6-7-11-21(20)27(28,29)30/h4,6-8,10-11,13-14,17,31-32H,3,5,9,12,15H2,1-2H3,(H,33,34,35)/t17-/m0/s1. The Hall–Kier alpha value is -3.55. The highest BCUT2D eigenvalue weighted by Gasteiger charge is 2.34. The molecule has 2 aliphatic carbocycles. The fourth-order valence-corrected chi connectivity index (χ4v) is 5.06. The highest BCUT2D eigenvalue weighted by Crippen LogP contribution is 2.41. The average molecular weight is 480 g/mol. The van der Waals surface area contributed by atoms with Gasteiger partial charge in [-0.3, -0.25) is 0 Å². The summed E-state index contributed by atoms with van der Waals surface area (Å²) in [6, 6.07) is 7.23. The maximum atomic E-state index is 13.8. The van der Waals surface area contributed by atoms with E-state index in [9.17, 15) is 13.2 Å². The van der Waals surface area contributed by atoms with Gasteiger partial charge in [0.1, 0.15) is 5.82 Å². The molecule has 5 rings (SSSR count). The molecule has 1 aromatic carbocycles. The summed E-state index contributed by atoms with van der Waals surface area (Å²) in [5, 5.41) is 9.72. The van der Waals surface area contributed by atoms with Gasteiger partial charge in [-0.05, 0) is 61.3 Å². The molecule has 0 fully saturated rings. The Morgan fingerprint density at radius 2 is 2.00 bits per heavy atom. The van der Waals surface area contributed by atoms with Gasteiger partial charge in [0, 0.05) is 23.5 Å². The van der Waals surface area contributed by atoms with Crippen molar-refractivity contribution in [3.8, 4) is 11.4 Å². The lowest BCUT2D eigenvalue weighted by molar-refractivity contribution is -0.137. The second kappa shape index (κ2) is 9.24. The summed E-state index contributed by atoms with van der Waals surface area (Å²) in [5.41, 5.74) is 5.34. The van der Waals surface area contributed by atoms with Crippen LogP contribution in [0.4, 0.5) is 19.0 Å². The lowest BCUT2D eigenvalue weighted by Crippen LogP contribution is -2.20. The largest absolute Gasteiger partial charge is 0.417 e. The summed E-state index contributed by atoms with van der Waals surface area (Å²) in [7, 11) is 0. The first-order valence-electron chi connectivity index (χ1n) is 12.0. The Bertz CT molecular complexity index is 1270. The topological polar surface area (TPSA) is 61.9 Å². The van der Waals surface area contributed by atoms with Crippen molar-refractivity contribution >= 4 is 11.5 Å². The summed E-state index contributed by atoms with van der Waals surface area (Å²) < 4.78 is 41.4. The third-order valence-corrected chi connectivity index (χ3v) is 6.78. The van der Waals surface area contributed by atoms with E-state index in [0.29, 0.717) is 29.8 Å². The molecular formula is C27H28F3N5. The van der Waals surface area contributed by atoms with Gasteiger partial charge in [0.2, 0.25) is 0 Å². The Kier molecular flexibility index (Phi) is 6.13. The van der Waals surface area contributed by atoms with Crippen LogP contribution in [0.5, 0.6) is 0 Å². The van der Waals surface area contributed by atoms with Gasteiger partial charge in [0.05, 0.1) is 23.6 Å². The predicted octanol–water partition coefficient (Wildman–Crippen LogP) is 6.37. The van der Waals surface area contributed by atoms with E-state index in [1.807, 2.05) is 0 Å². The van der Waals surface area contributed by atoms with E-state index < -0.39 is 11.7 Å². The smallest absolute Gasteiger partial charge is 0.372 e. The molecule has 0 bridgehead atoms. The molecule has 8 heteroatoms. The number of alkyl halides is 3. The predicted molar refractivity (Wildman–Crippen MR) is 132 cm³/mol. The number of benzene rings is 1. The quantitative estimate of drug-likeness (QED) is 0.465. The van der Waals surface area contributed by atoms with Crippen LogP contribution in [-0.2, 0) is 6.18 Å². The van der Waals surface area contributed by atoms with Crippen LogP contribution in [0.25, 0.3) is 17.1 Å². The number of hydrogen-bond donors (Lipinski definition) is 3. The summed E-state index contributed by atoms with van der Waals surface area (Å²) in [5.74, 6) is 0.995. The van der Waals surface area contributed by atoms with E-state index in [1.54, 1.807) is 18.3 Å². The number of nitrogens with one attached hydrogen (secondary N) is 3. The third-order valence-electron chi connectivity index (χ3n) is 6.78. The lowest BCUT2D eigenvalue weighted by Gasteiger charge is -2.32. The van der Waals surface area contributed by atoms with Crippen LogP contribution < -0.4 is 16.0 Å². The molecule has 3 N–H and O–H groups in total. The minimum Gasteiger partial charge on any atom is -0.372 e. The molecule has 5 nitrogen and oxygen atoms in total. The van der Waals surface area contributed by atoms with Crippen LogP contribution in [0.1, 0.15) is 50.8 Å². The monoisotopic (exact) mass is 479 g/mol. The van der Waals surface area contributed by atoms with Crippen LogP contribution in [-0.4, -0.2) is 16.6 Å². The Morgan fingerprint density at radius 3 is 2.74 bits per heavy atom. The number of allylic oxidation sites excluding steroid dienone is 5. The fraction of sp³-hybridized carbons (Fsp3) is 0.333. The molecule has 0 saturated carbocycles. The van der Waals surface area contributed by atoms with Gasteiger partial charge < -0.3 is 16.0 Å². The van der Waals surface area contributed by atoms with Gasteiger partial charge in [0.25, 0.3) is 0 Å². The van der Waals surface area contributed by atoms with Gasteiger partial charge in [-0.2, -0.15) is 13.2 Å². The van der Waals surface area contributed by atoms with Gasteiger partial charge in [-0.25, -0.2) is 9.97 Å². The van der Waals surface area contributed by atoms with Crippen LogP contribution >= 0.6 is 0 Å². The molecule has 1 aliphatic heterocycles. The molecular weight excluding hydrogens is 451 g/mol. The number of rotatable bonds is 5. The highest BCUT2D eigenvalue weighted by molar-refractivity contribution is 5.71. The summed E-state index contributed by atoms with van der Waals surface area (Å²) in [6.07, 6.45) is 5.63. The Morgan fingerprint density at radius 1 is 1.17 bits per heavy atom. The first-order valence-corrected chi connectivity index (χ1v) is 12.0. The van der Waals surface area contributed by atoms with Crippen LogP contribution in [0, 0.1) is 5.92 Å². The molecule has 0 unspecified atom stereocenters. The van der Waals surface area contributed by atoms with Crippen molar-refractivity contribution in [2.24, 2.45) is 5.92 Å². The van der Waals surface area contributed by atoms with Crippen LogP contribution in [0.2, 0.25) is 0 Å². The van der Waals surface area contributed by atoms with Gasteiger partial charge in [-0.15, -0.1) is 0 Å². The summed E-state index contributed by atoms with van der Waals surface area (Å²) in [6.45, 7) is 4.86. The summed E-state index contributed by atoms with van der Waals surface area (Å²) >= 11 is 0. The second-order valence-corrected chi connectivity index (χ2v) is 9.09. The zero-order valence-corrected chi connectivity index (χ0v) is 19.8. The molecule has 35 heavy (non-hydrogen) atoms. The van der Waals surface area contributed by atoms with Crippen molar-refractivity contribution in [3.63, 3.8) is 0 Å². The highest BCUT2D eigenvalue weighted by atomic mass is 19.4. The SMILES string of the molecule is CC[C@H]1CC(C)=C(Nc2cc(C3=CNCN3)nc(-c3ccccc3C(F)(F)F)n2)C2=C1C=CCC2. The first-order chi connectivity index (χ1) is 16.8. The normalized spacial score (nSPS) is 19.8. The number of hydrogen-bond acceptors (Lipinski definition) is 5. The number of nitrogens with zero attached hydrogens (tertiary/aromatic N) is 2. The van der Waals surface area contributed by atoms with Gasteiger partial charge >= 0.3 is 6.18 Å². The van der Waals surface area contributed by atoms with E-state index in [2.05, 4.69) is 51.9 Å². The molecule has 182 valence electrons. The van der Waals surface area contributed by atoms with Crippen LogP contribution in [0.3, 0.4) is 0 Å². The van der Waals surface area contributed by atoms with Crippen LogP contribution in [0.15, 0.2) is 71.1 Å².